The number of ether oxygens (including phenoxy) is 3. The summed E-state index contributed by atoms with van der Waals surface area (Å²) in [6.07, 6.45) is 2.15. The van der Waals surface area contributed by atoms with Gasteiger partial charge in [0, 0.05) is 24.7 Å². The fourth-order valence-electron chi connectivity index (χ4n) is 3.12. The third-order valence-corrected chi connectivity index (χ3v) is 6.23. The minimum atomic E-state index is -3.82. The predicted octanol–water partition coefficient (Wildman–Crippen LogP) is 2.19. The second-order valence-corrected chi connectivity index (χ2v) is 8.52. The topological polar surface area (TPSA) is 85.9 Å². The van der Waals surface area contributed by atoms with E-state index in [-0.39, 0.29) is 40.3 Å². The molecule has 1 aromatic carbocycles. The molecule has 2 rings (SSSR count). The van der Waals surface area contributed by atoms with Crippen molar-refractivity contribution in [2.75, 3.05) is 34.4 Å². The van der Waals surface area contributed by atoms with Gasteiger partial charge in [-0.3, -0.25) is 0 Å². The first-order valence-electron chi connectivity index (χ1n) is 8.28. The lowest BCUT2D eigenvalue weighted by Crippen LogP contribution is -2.52. The van der Waals surface area contributed by atoms with Crippen LogP contribution in [0.25, 0.3) is 0 Å². The molecule has 0 saturated carbocycles. The zero-order valence-corrected chi connectivity index (χ0v) is 17.6. The summed E-state index contributed by atoms with van der Waals surface area (Å²) in [6.45, 7) is 5.48. The van der Waals surface area contributed by atoms with Crippen molar-refractivity contribution < 1.29 is 22.6 Å². The van der Waals surface area contributed by atoms with Gasteiger partial charge in [0.25, 0.3) is 0 Å². The standard InChI is InChI=1S/C17H28N2O5S.ClH/c1-17(2)7-6-8-18-15(17)11-19-25(20,21)16-13(23-4)9-12(22-3)10-14(16)24-5;/h9-10,15,18-19H,6-8,11H2,1-5H3;1H. The van der Waals surface area contributed by atoms with Crippen LogP contribution in [0.1, 0.15) is 26.7 Å². The highest BCUT2D eigenvalue weighted by atomic mass is 35.5. The fourth-order valence-corrected chi connectivity index (χ4v) is 4.47. The Morgan fingerprint density at radius 3 is 2.19 bits per heavy atom. The van der Waals surface area contributed by atoms with E-state index in [4.69, 9.17) is 14.2 Å². The van der Waals surface area contributed by atoms with Crippen molar-refractivity contribution in [1.82, 2.24) is 10.0 Å². The molecule has 150 valence electrons. The van der Waals surface area contributed by atoms with Gasteiger partial charge < -0.3 is 19.5 Å². The monoisotopic (exact) mass is 408 g/mol. The zero-order chi connectivity index (χ0) is 18.7. The molecule has 1 unspecified atom stereocenters. The minimum absolute atomic E-state index is 0. The second-order valence-electron chi connectivity index (χ2n) is 6.81. The van der Waals surface area contributed by atoms with Crippen molar-refractivity contribution in [3.05, 3.63) is 12.1 Å². The van der Waals surface area contributed by atoms with Crippen LogP contribution < -0.4 is 24.2 Å². The Hall–Kier alpha value is -1.22. The molecule has 2 N–H and O–H groups in total. The molecule has 0 bridgehead atoms. The highest BCUT2D eigenvalue weighted by Gasteiger charge is 2.34. The van der Waals surface area contributed by atoms with Gasteiger partial charge in [-0.1, -0.05) is 13.8 Å². The van der Waals surface area contributed by atoms with E-state index in [2.05, 4.69) is 23.9 Å². The number of sulfonamides is 1. The lowest BCUT2D eigenvalue weighted by Gasteiger charge is -2.39. The average molecular weight is 409 g/mol. The molecule has 0 amide bonds. The third kappa shape index (κ3) is 4.94. The summed E-state index contributed by atoms with van der Waals surface area (Å²) in [4.78, 5) is -0.0214. The van der Waals surface area contributed by atoms with Crippen LogP contribution in [-0.2, 0) is 10.0 Å². The molecular formula is C17H29ClN2O5S. The summed E-state index contributed by atoms with van der Waals surface area (Å²) in [5.74, 6) is 0.821. The van der Waals surface area contributed by atoms with Crippen LogP contribution in [0.5, 0.6) is 17.2 Å². The maximum absolute atomic E-state index is 12.9. The van der Waals surface area contributed by atoms with Crippen molar-refractivity contribution in [2.45, 2.75) is 37.6 Å². The summed E-state index contributed by atoms with van der Waals surface area (Å²) >= 11 is 0. The molecule has 1 fully saturated rings. The molecule has 1 aromatic rings. The first-order chi connectivity index (χ1) is 11.7. The van der Waals surface area contributed by atoms with E-state index in [1.165, 1.54) is 33.5 Å². The number of hydrogen-bond donors (Lipinski definition) is 2. The number of rotatable bonds is 7. The Balaban J connectivity index is 0.00000338. The zero-order valence-electron chi connectivity index (χ0n) is 15.9. The maximum atomic E-state index is 12.9. The first kappa shape index (κ1) is 22.8. The van der Waals surface area contributed by atoms with Crippen molar-refractivity contribution >= 4 is 22.4 Å². The Bertz CT molecular complexity index is 684. The highest BCUT2D eigenvalue weighted by Crippen LogP contribution is 2.37. The summed E-state index contributed by atoms with van der Waals surface area (Å²) in [5, 5.41) is 3.40. The lowest BCUT2D eigenvalue weighted by molar-refractivity contribution is 0.181. The van der Waals surface area contributed by atoms with Gasteiger partial charge in [0.2, 0.25) is 10.0 Å². The Morgan fingerprint density at radius 1 is 1.15 bits per heavy atom. The van der Waals surface area contributed by atoms with Crippen molar-refractivity contribution in [3.63, 3.8) is 0 Å². The molecular weight excluding hydrogens is 380 g/mol. The molecule has 1 aliphatic heterocycles. The molecule has 1 heterocycles. The normalized spacial score (nSPS) is 19.3. The van der Waals surface area contributed by atoms with E-state index in [1.54, 1.807) is 0 Å². The Labute approximate surface area is 162 Å². The van der Waals surface area contributed by atoms with Crippen LogP contribution in [0.2, 0.25) is 0 Å². The fraction of sp³-hybridized carbons (Fsp3) is 0.647. The number of nitrogens with one attached hydrogen (secondary N) is 2. The van der Waals surface area contributed by atoms with Gasteiger partial charge >= 0.3 is 0 Å². The predicted molar refractivity (Wildman–Crippen MR) is 103 cm³/mol. The molecule has 1 aliphatic rings. The Morgan fingerprint density at radius 2 is 1.73 bits per heavy atom. The van der Waals surface area contributed by atoms with Gasteiger partial charge in [-0.05, 0) is 24.8 Å². The van der Waals surface area contributed by atoms with Gasteiger partial charge in [0.15, 0.2) is 4.90 Å². The lowest BCUT2D eigenvalue weighted by atomic mass is 9.78. The van der Waals surface area contributed by atoms with Crippen LogP contribution in [0, 0.1) is 5.41 Å². The number of piperidine rings is 1. The van der Waals surface area contributed by atoms with E-state index in [1.807, 2.05) is 0 Å². The Kier molecular flexibility index (Phi) is 8.01. The minimum Gasteiger partial charge on any atom is -0.496 e. The summed E-state index contributed by atoms with van der Waals surface area (Å²) in [7, 11) is 0.513. The van der Waals surface area contributed by atoms with Crippen molar-refractivity contribution in [3.8, 4) is 17.2 Å². The quantitative estimate of drug-likeness (QED) is 0.719. The van der Waals surface area contributed by atoms with E-state index in [0.29, 0.717) is 12.3 Å². The van der Waals surface area contributed by atoms with E-state index in [0.717, 1.165) is 19.4 Å². The molecule has 0 aliphatic carbocycles. The summed E-state index contributed by atoms with van der Waals surface area (Å²) < 4.78 is 44.2. The summed E-state index contributed by atoms with van der Waals surface area (Å²) in [6, 6.07) is 3.12. The first-order valence-corrected chi connectivity index (χ1v) is 9.76. The van der Waals surface area contributed by atoms with Gasteiger partial charge in [-0.15, -0.1) is 12.4 Å². The van der Waals surface area contributed by atoms with Crippen molar-refractivity contribution in [1.29, 1.82) is 0 Å². The largest absolute Gasteiger partial charge is 0.496 e. The number of methoxy groups -OCH3 is 3. The van der Waals surface area contributed by atoms with E-state index in [9.17, 15) is 8.42 Å². The molecule has 9 heteroatoms. The second kappa shape index (κ2) is 9.12. The van der Waals surface area contributed by atoms with E-state index >= 15 is 0 Å². The molecule has 1 atom stereocenters. The number of halogens is 1. The number of benzene rings is 1. The van der Waals surface area contributed by atoms with Gasteiger partial charge in [-0.2, -0.15) is 0 Å². The molecule has 7 nitrogen and oxygen atoms in total. The SMILES string of the molecule is COc1cc(OC)c(S(=O)(=O)NCC2NCCCC2(C)C)c(OC)c1.Cl. The summed E-state index contributed by atoms with van der Waals surface area (Å²) in [5.41, 5.74) is 0.0227. The van der Waals surface area contributed by atoms with Gasteiger partial charge in [0.05, 0.1) is 21.3 Å². The maximum Gasteiger partial charge on any atom is 0.248 e. The van der Waals surface area contributed by atoms with E-state index < -0.39 is 10.0 Å². The van der Waals surface area contributed by atoms with Crippen LogP contribution in [-0.4, -0.2) is 48.9 Å². The average Bonchev–Trinajstić information content (AvgIpc) is 2.58. The molecule has 0 radical (unpaired) electrons. The highest BCUT2D eigenvalue weighted by molar-refractivity contribution is 7.89. The molecule has 0 spiro atoms. The van der Waals surface area contributed by atoms with Gasteiger partial charge in [-0.25, -0.2) is 13.1 Å². The van der Waals surface area contributed by atoms with Crippen LogP contribution in [0.4, 0.5) is 0 Å². The van der Waals surface area contributed by atoms with Crippen LogP contribution in [0.15, 0.2) is 17.0 Å². The third-order valence-electron chi connectivity index (χ3n) is 4.75. The van der Waals surface area contributed by atoms with Gasteiger partial charge in [0.1, 0.15) is 17.2 Å². The number of hydrogen-bond acceptors (Lipinski definition) is 6. The molecule has 1 saturated heterocycles. The van der Waals surface area contributed by atoms with Crippen LogP contribution >= 0.6 is 12.4 Å². The molecule has 26 heavy (non-hydrogen) atoms. The van der Waals surface area contributed by atoms with Crippen LogP contribution in [0.3, 0.4) is 0 Å². The van der Waals surface area contributed by atoms with Crippen molar-refractivity contribution in [2.24, 2.45) is 5.41 Å². The smallest absolute Gasteiger partial charge is 0.248 e. The molecule has 0 aromatic heterocycles.